The summed E-state index contributed by atoms with van der Waals surface area (Å²) in [4.78, 5) is 25.0. The van der Waals surface area contributed by atoms with E-state index in [1.165, 1.54) is 0 Å². The van der Waals surface area contributed by atoms with Crippen molar-refractivity contribution in [3.05, 3.63) is 0 Å². The van der Waals surface area contributed by atoms with E-state index in [0.717, 1.165) is 0 Å². The topological polar surface area (TPSA) is 120 Å². The predicted molar refractivity (Wildman–Crippen MR) is 35.2 cm³/mol. The van der Waals surface area contributed by atoms with Crippen LogP contribution in [0.4, 0.5) is 25.2 Å². The Bertz CT molecular complexity index is 214. The summed E-state index contributed by atoms with van der Waals surface area (Å²) in [6, 6.07) is 0. The fourth-order valence-corrected chi connectivity index (χ4v) is 0. The van der Waals surface area contributed by atoms with Crippen molar-refractivity contribution in [3.63, 3.8) is 0 Å². The average molecular weight is 330 g/mol. The van der Waals surface area contributed by atoms with Gasteiger partial charge in [0.25, 0.3) is 0 Å². The molecule has 0 heterocycles. The predicted octanol–water partition coefficient (Wildman–Crippen LogP) is 0.801. The van der Waals surface area contributed by atoms with Crippen molar-refractivity contribution in [2.45, 2.75) is 0 Å². The van der Waals surface area contributed by atoms with Gasteiger partial charge >= 0.3 is 41.3 Å². The second-order valence-electron chi connectivity index (χ2n) is 1.24. The monoisotopic (exact) mass is 330 g/mol. The van der Waals surface area contributed by atoms with Gasteiger partial charge in [0.15, 0.2) is 0 Å². The van der Waals surface area contributed by atoms with Crippen LogP contribution in [0.2, 0.25) is 0 Å². The number of halogens is 6. The van der Waals surface area contributed by atoms with E-state index in [9.17, 15) is 25.2 Å². The van der Waals surface area contributed by atoms with Gasteiger partial charge in [0.2, 0.25) is 0 Å². The normalized spacial score (nSPS) is 11.1. The molecule has 0 aliphatic heterocycles. The third-order valence-electron chi connectivity index (χ3n) is 0. The molecule has 0 saturated heterocycles. The van der Waals surface area contributed by atoms with Crippen LogP contribution in [0.25, 0.3) is 0 Å². The van der Waals surface area contributed by atoms with Crippen LogP contribution in [-0.4, -0.2) is 17.4 Å². The first-order valence-electron chi connectivity index (χ1n) is 2.11. The molecule has 0 aromatic rings. The Kier molecular flexibility index (Phi) is 15.4. The molecule has 0 aromatic heterocycles. The fourth-order valence-electron chi connectivity index (χ4n) is 0. The molecule has 0 fully saturated rings. The van der Waals surface area contributed by atoms with Gasteiger partial charge in [-0.15, -0.1) is 0 Å². The van der Waals surface area contributed by atoms with Gasteiger partial charge in [-0.05, 0) is 0 Å². The van der Waals surface area contributed by atoms with Gasteiger partial charge < -0.3 is 14.7 Å². The summed E-state index contributed by atoms with van der Waals surface area (Å²) in [5.41, 5.74) is 0. The quantitative estimate of drug-likeness (QED) is 0.368. The van der Waals surface area contributed by atoms with E-state index in [-0.39, 0.29) is 17.4 Å². The third-order valence-corrected chi connectivity index (χ3v) is 0. The first-order chi connectivity index (χ1) is 6.00. The first kappa shape index (κ1) is 25.5. The van der Waals surface area contributed by atoms with E-state index in [2.05, 4.69) is 0 Å². The molecule has 0 spiro atoms. The Hall–Kier alpha value is 0.682. The van der Waals surface area contributed by atoms with Gasteiger partial charge in [0.05, 0.1) is 0 Å². The summed E-state index contributed by atoms with van der Waals surface area (Å²) in [5.74, 6) is 0. The van der Waals surface area contributed by atoms with Crippen molar-refractivity contribution in [1.82, 2.24) is 0 Å². The van der Waals surface area contributed by atoms with Gasteiger partial charge in [0, 0.05) is 0 Å². The molecule has 0 unspecified atom stereocenters. The zero-order valence-corrected chi connectivity index (χ0v) is 10.5. The Balaban J connectivity index is -0.0000000655. The third kappa shape index (κ3) is 5900. The molecule has 0 atom stereocenters. The summed E-state index contributed by atoms with van der Waals surface area (Å²) in [6.45, 7) is 0. The number of rotatable bonds is 0. The zero-order valence-electron chi connectivity index (χ0n) is 6.64. The smallest absolute Gasteiger partial charge is 0.749 e. The van der Waals surface area contributed by atoms with Crippen LogP contribution in [0.5, 0.6) is 0 Å². The van der Waals surface area contributed by atoms with Crippen molar-refractivity contribution in [2.75, 3.05) is 0 Å². The maximum Gasteiger partial charge on any atom is 3.00 e. The van der Waals surface area contributed by atoms with Gasteiger partial charge in [-0.3, -0.25) is 13.7 Å². The Morgan fingerprint density at radius 3 is 0.562 bits per heavy atom. The van der Waals surface area contributed by atoms with Crippen LogP contribution < -0.4 is 14.7 Å². The van der Waals surface area contributed by atoms with Crippen LogP contribution in [0, 0.1) is 0 Å². The molecule has 16 heteroatoms. The van der Waals surface area contributed by atoms with E-state index in [0.29, 0.717) is 0 Å². The molecule has 0 N–H and O–H groups in total. The SMILES string of the molecule is O=P([O-])(F)F.O=P([O-])(F)F.O=P([O-])(F)F.[Al+3]. The molecule has 16 heavy (non-hydrogen) atoms. The van der Waals surface area contributed by atoms with E-state index in [1.54, 1.807) is 0 Å². The standard InChI is InChI=1S/Al.3F2HO2P/c;3*1-5(2,3)4/h;3*(H,3,4)/q+3;;;/p-3. The van der Waals surface area contributed by atoms with E-state index < -0.39 is 24.0 Å². The summed E-state index contributed by atoms with van der Waals surface area (Å²) >= 11 is 0. The van der Waals surface area contributed by atoms with Crippen molar-refractivity contribution in [1.29, 1.82) is 0 Å². The fraction of sp³-hybridized carbons (Fsp3) is 0. The van der Waals surface area contributed by atoms with E-state index in [1.807, 2.05) is 0 Å². The van der Waals surface area contributed by atoms with Crippen LogP contribution in [0.1, 0.15) is 0 Å². The van der Waals surface area contributed by atoms with Crippen molar-refractivity contribution in [3.8, 4) is 0 Å². The maximum absolute atomic E-state index is 10.0. The average Bonchev–Trinajstić information content (AvgIpc) is 1.41. The van der Waals surface area contributed by atoms with Crippen LogP contribution in [0.15, 0.2) is 0 Å². The number of hydrogen-bond donors (Lipinski definition) is 0. The minimum atomic E-state index is -5.89. The van der Waals surface area contributed by atoms with Crippen molar-refractivity contribution in [2.24, 2.45) is 0 Å². The molecule has 0 amide bonds. The van der Waals surface area contributed by atoms with Crippen LogP contribution in [-0.2, 0) is 13.7 Å². The van der Waals surface area contributed by atoms with Crippen molar-refractivity contribution < 1.29 is 53.6 Å². The molecule has 0 bridgehead atoms. The molecular weight excluding hydrogens is 330 g/mol. The summed E-state index contributed by atoms with van der Waals surface area (Å²) in [5, 5.41) is 0. The second-order valence-corrected chi connectivity index (χ2v) is 3.73. The molecular formula is AlF6O6P3. The molecule has 0 saturated carbocycles. The maximum atomic E-state index is 10.0. The molecule has 0 radical (unpaired) electrons. The van der Waals surface area contributed by atoms with Gasteiger partial charge in [-0.2, -0.15) is 25.2 Å². The minimum absolute atomic E-state index is 0. The summed E-state index contributed by atoms with van der Waals surface area (Å²) < 4.78 is 85.1. The first-order valence-corrected chi connectivity index (χ1v) is 6.33. The van der Waals surface area contributed by atoms with Gasteiger partial charge in [0.1, 0.15) is 0 Å². The Labute approximate surface area is 95.5 Å². The molecule has 96 valence electrons. The largest absolute Gasteiger partial charge is 3.00 e. The van der Waals surface area contributed by atoms with E-state index >= 15 is 0 Å². The van der Waals surface area contributed by atoms with E-state index in [4.69, 9.17) is 28.4 Å². The van der Waals surface area contributed by atoms with Gasteiger partial charge in [-0.1, -0.05) is 0 Å². The van der Waals surface area contributed by atoms with Crippen LogP contribution >= 0.6 is 24.0 Å². The molecule has 0 aliphatic carbocycles. The van der Waals surface area contributed by atoms with Gasteiger partial charge in [-0.25, -0.2) is 0 Å². The summed E-state index contributed by atoms with van der Waals surface area (Å²) in [6.07, 6.45) is 0. The molecule has 0 aliphatic rings. The Morgan fingerprint density at radius 2 is 0.562 bits per heavy atom. The summed E-state index contributed by atoms with van der Waals surface area (Å²) in [7, 11) is -17.7. The molecule has 0 rings (SSSR count). The molecule has 0 aromatic carbocycles. The van der Waals surface area contributed by atoms with Crippen LogP contribution in [0.3, 0.4) is 0 Å². The molecule has 6 nitrogen and oxygen atoms in total. The second kappa shape index (κ2) is 9.69. The zero-order chi connectivity index (χ0) is 13.5. The minimum Gasteiger partial charge on any atom is -0.749 e. The Morgan fingerprint density at radius 1 is 0.562 bits per heavy atom. The number of hydrogen-bond acceptors (Lipinski definition) is 6. The van der Waals surface area contributed by atoms with Crippen molar-refractivity contribution >= 4 is 41.3 Å².